The lowest BCUT2D eigenvalue weighted by molar-refractivity contribution is 1.41. The minimum atomic E-state index is 0.984. The minimum Gasteiger partial charge on any atom is -0.260 e. The first-order valence-corrected chi connectivity index (χ1v) is 4.28. The Morgan fingerprint density at radius 3 is 2.73 bits per heavy atom. The van der Waals surface area contributed by atoms with E-state index in [0.29, 0.717) is 0 Å². The van der Waals surface area contributed by atoms with Crippen molar-refractivity contribution in [3.8, 4) is 0 Å². The molecule has 1 rings (SSSR count). The molecular formula is C9H10BrN. The number of aliphatic imine (C=N–C) groups is 1. The molecule has 58 valence electrons. The Hall–Kier alpha value is -0.630. The van der Waals surface area contributed by atoms with Gasteiger partial charge >= 0.3 is 0 Å². The lowest BCUT2D eigenvalue weighted by Gasteiger charge is -1.97. The molecule has 0 bridgehead atoms. The van der Waals surface area contributed by atoms with Crippen molar-refractivity contribution in [2.24, 2.45) is 4.99 Å². The monoisotopic (exact) mass is 211 g/mol. The summed E-state index contributed by atoms with van der Waals surface area (Å²) in [5.41, 5.74) is 2.23. The van der Waals surface area contributed by atoms with E-state index in [4.69, 9.17) is 0 Å². The van der Waals surface area contributed by atoms with Crippen LogP contribution in [0.25, 0.3) is 0 Å². The maximum atomic E-state index is 4.18. The van der Waals surface area contributed by atoms with E-state index in [-0.39, 0.29) is 0 Å². The molecule has 0 heterocycles. The predicted molar refractivity (Wildman–Crippen MR) is 52.7 cm³/mol. The Balaban J connectivity index is 3.09. The van der Waals surface area contributed by atoms with Crippen LogP contribution in [0, 0.1) is 6.92 Å². The van der Waals surface area contributed by atoms with Crippen LogP contribution in [-0.2, 0) is 0 Å². The number of rotatable bonds is 1. The molecule has 2 heteroatoms. The molecule has 0 aliphatic heterocycles. The number of benzene rings is 1. The molecule has 0 atom stereocenters. The molecule has 1 aromatic carbocycles. The summed E-state index contributed by atoms with van der Waals surface area (Å²) < 4.78 is 1.05. The molecule has 0 unspecified atom stereocenters. The van der Waals surface area contributed by atoms with Crippen LogP contribution in [0.5, 0.6) is 0 Å². The zero-order valence-electron chi connectivity index (χ0n) is 6.63. The molecule has 0 aliphatic rings. The molecular weight excluding hydrogens is 202 g/mol. The SMILES string of the molecule is CC=Nc1ccc(C)cc1Br. The van der Waals surface area contributed by atoms with E-state index in [1.54, 1.807) is 6.21 Å². The Morgan fingerprint density at radius 1 is 1.45 bits per heavy atom. The third-order valence-electron chi connectivity index (χ3n) is 1.37. The van der Waals surface area contributed by atoms with Gasteiger partial charge in [0.2, 0.25) is 0 Å². The summed E-state index contributed by atoms with van der Waals surface area (Å²) in [7, 11) is 0. The zero-order chi connectivity index (χ0) is 8.27. The molecule has 0 spiro atoms. The number of halogens is 1. The van der Waals surface area contributed by atoms with Crippen LogP contribution in [0.2, 0.25) is 0 Å². The maximum absolute atomic E-state index is 4.18. The van der Waals surface area contributed by atoms with E-state index < -0.39 is 0 Å². The Labute approximate surface area is 75.3 Å². The lowest BCUT2D eigenvalue weighted by Crippen LogP contribution is -1.72. The Bertz CT molecular complexity index is 279. The van der Waals surface area contributed by atoms with Crippen molar-refractivity contribution in [1.29, 1.82) is 0 Å². The van der Waals surface area contributed by atoms with E-state index >= 15 is 0 Å². The number of aryl methyl sites for hydroxylation is 1. The number of hydrogen-bond donors (Lipinski definition) is 0. The van der Waals surface area contributed by atoms with Crippen molar-refractivity contribution in [3.63, 3.8) is 0 Å². The highest BCUT2D eigenvalue weighted by Gasteiger charge is 1.95. The molecule has 11 heavy (non-hydrogen) atoms. The zero-order valence-corrected chi connectivity index (χ0v) is 8.22. The highest BCUT2D eigenvalue weighted by Crippen LogP contribution is 2.25. The summed E-state index contributed by atoms with van der Waals surface area (Å²) in [5.74, 6) is 0. The second-order valence-corrected chi connectivity index (χ2v) is 3.20. The lowest BCUT2D eigenvalue weighted by atomic mass is 10.2. The van der Waals surface area contributed by atoms with Gasteiger partial charge in [-0.05, 0) is 47.5 Å². The first-order valence-electron chi connectivity index (χ1n) is 3.49. The van der Waals surface area contributed by atoms with Crippen LogP contribution in [-0.4, -0.2) is 6.21 Å². The highest BCUT2D eigenvalue weighted by atomic mass is 79.9. The molecule has 0 aromatic heterocycles. The standard InChI is InChI=1S/C9H10BrN/c1-3-11-9-5-4-7(2)6-8(9)10/h3-6H,1-2H3. The Kier molecular flexibility index (Phi) is 2.83. The average molecular weight is 212 g/mol. The van der Waals surface area contributed by atoms with E-state index in [1.807, 2.05) is 19.1 Å². The largest absolute Gasteiger partial charge is 0.260 e. The van der Waals surface area contributed by atoms with Crippen LogP contribution in [0.3, 0.4) is 0 Å². The van der Waals surface area contributed by atoms with Crippen molar-refractivity contribution in [3.05, 3.63) is 28.2 Å². The quantitative estimate of drug-likeness (QED) is 0.632. The van der Waals surface area contributed by atoms with Crippen LogP contribution in [0.15, 0.2) is 27.7 Å². The topological polar surface area (TPSA) is 12.4 Å². The third kappa shape index (κ3) is 2.15. The van der Waals surface area contributed by atoms with Gasteiger partial charge in [-0.25, -0.2) is 0 Å². The Morgan fingerprint density at radius 2 is 2.18 bits per heavy atom. The predicted octanol–water partition coefficient (Wildman–Crippen LogP) is 3.48. The third-order valence-corrected chi connectivity index (χ3v) is 2.01. The molecule has 1 aromatic rings. The van der Waals surface area contributed by atoms with Crippen LogP contribution in [0.1, 0.15) is 12.5 Å². The fourth-order valence-corrected chi connectivity index (χ4v) is 1.45. The van der Waals surface area contributed by atoms with Crippen molar-refractivity contribution in [2.45, 2.75) is 13.8 Å². The molecule has 0 fully saturated rings. The molecule has 0 amide bonds. The van der Waals surface area contributed by atoms with Crippen LogP contribution >= 0.6 is 15.9 Å². The summed E-state index contributed by atoms with van der Waals surface area (Å²) in [6.45, 7) is 3.97. The average Bonchev–Trinajstić information content (AvgIpc) is 1.95. The number of nitrogens with zero attached hydrogens (tertiary/aromatic N) is 1. The summed E-state index contributed by atoms with van der Waals surface area (Å²) in [6.07, 6.45) is 1.79. The summed E-state index contributed by atoms with van der Waals surface area (Å²) >= 11 is 3.43. The van der Waals surface area contributed by atoms with Crippen molar-refractivity contribution >= 4 is 27.8 Å². The van der Waals surface area contributed by atoms with E-state index in [9.17, 15) is 0 Å². The normalized spacial score (nSPS) is 10.8. The van der Waals surface area contributed by atoms with Gasteiger partial charge in [0.05, 0.1) is 5.69 Å². The van der Waals surface area contributed by atoms with Gasteiger partial charge in [0.1, 0.15) is 0 Å². The maximum Gasteiger partial charge on any atom is 0.0767 e. The smallest absolute Gasteiger partial charge is 0.0767 e. The van der Waals surface area contributed by atoms with Gasteiger partial charge < -0.3 is 0 Å². The number of hydrogen-bond acceptors (Lipinski definition) is 1. The van der Waals surface area contributed by atoms with E-state index in [0.717, 1.165) is 10.2 Å². The molecule has 1 nitrogen and oxygen atoms in total. The summed E-state index contributed by atoms with van der Waals surface area (Å²) in [4.78, 5) is 4.18. The van der Waals surface area contributed by atoms with E-state index in [1.165, 1.54) is 5.56 Å². The second-order valence-electron chi connectivity index (χ2n) is 2.34. The fraction of sp³-hybridized carbons (Fsp3) is 0.222. The van der Waals surface area contributed by atoms with Crippen molar-refractivity contribution in [1.82, 2.24) is 0 Å². The second kappa shape index (κ2) is 3.67. The molecule has 0 radical (unpaired) electrons. The molecule has 0 saturated heterocycles. The van der Waals surface area contributed by atoms with Gasteiger partial charge in [-0.1, -0.05) is 6.07 Å². The van der Waals surface area contributed by atoms with Crippen molar-refractivity contribution < 1.29 is 0 Å². The van der Waals surface area contributed by atoms with Gasteiger partial charge in [0, 0.05) is 10.7 Å². The van der Waals surface area contributed by atoms with Crippen LogP contribution < -0.4 is 0 Å². The molecule has 0 saturated carbocycles. The van der Waals surface area contributed by atoms with Gasteiger partial charge in [-0.2, -0.15) is 0 Å². The molecule has 0 N–H and O–H groups in total. The minimum absolute atomic E-state index is 0.984. The molecule has 0 aliphatic carbocycles. The summed E-state index contributed by atoms with van der Waals surface area (Å²) in [6, 6.07) is 6.11. The van der Waals surface area contributed by atoms with Gasteiger partial charge in [-0.3, -0.25) is 4.99 Å². The first kappa shape index (κ1) is 8.47. The van der Waals surface area contributed by atoms with Gasteiger partial charge in [0.25, 0.3) is 0 Å². The highest BCUT2D eigenvalue weighted by molar-refractivity contribution is 9.10. The van der Waals surface area contributed by atoms with Gasteiger partial charge in [0.15, 0.2) is 0 Å². The fourth-order valence-electron chi connectivity index (χ4n) is 0.856. The van der Waals surface area contributed by atoms with Crippen molar-refractivity contribution in [2.75, 3.05) is 0 Å². The first-order chi connectivity index (χ1) is 5.24. The summed E-state index contributed by atoms with van der Waals surface area (Å²) in [5, 5.41) is 0. The van der Waals surface area contributed by atoms with Crippen LogP contribution in [0.4, 0.5) is 5.69 Å². The van der Waals surface area contributed by atoms with E-state index in [2.05, 4.69) is 33.9 Å². The van der Waals surface area contributed by atoms with Gasteiger partial charge in [-0.15, -0.1) is 0 Å².